The van der Waals surface area contributed by atoms with Crippen LogP contribution in [0.4, 0.5) is 0 Å². The van der Waals surface area contributed by atoms with Gasteiger partial charge >= 0.3 is 0 Å². The molecule has 4 nitrogen and oxygen atoms in total. The first-order valence-corrected chi connectivity index (χ1v) is 6.36. The molecule has 18 heavy (non-hydrogen) atoms. The molecule has 0 atom stereocenters. The lowest BCUT2D eigenvalue weighted by Gasteiger charge is -2.06. The summed E-state index contributed by atoms with van der Waals surface area (Å²) >= 11 is 0. The summed E-state index contributed by atoms with van der Waals surface area (Å²) in [6.45, 7) is 7.01. The summed E-state index contributed by atoms with van der Waals surface area (Å²) in [6.07, 6.45) is 4.74. The minimum atomic E-state index is 0.902. The normalized spacial score (nSPS) is 10.8. The molecule has 0 aliphatic rings. The van der Waals surface area contributed by atoms with Gasteiger partial charge in [-0.3, -0.25) is 9.67 Å². The van der Waals surface area contributed by atoms with E-state index in [1.807, 2.05) is 31.5 Å². The topological polar surface area (TPSA) is 42.7 Å². The molecule has 2 heterocycles. The van der Waals surface area contributed by atoms with E-state index < -0.39 is 0 Å². The third-order valence-electron chi connectivity index (χ3n) is 2.91. The van der Waals surface area contributed by atoms with Crippen LogP contribution in [-0.4, -0.2) is 21.3 Å². The molecule has 2 aromatic heterocycles. The molecular weight excluding hydrogens is 224 g/mol. The number of nitrogens with zero attached hydrogens (tertiary/aromatic N) is 3. The summed E-state index contributed by atoms with van der Waals surface area (Å²) in [5.41, 5.74) is 3.61. The molecule has 2 aromatic rings. The van der Waals surface area contributed by atoms with Gasteiger partial charge in [-0.2, -0.15) is 5.10 Å². The van der Waals surface area contributed by atoms with Gasteiger partial charge in [0.2, 0.25) is 0 Å². The second kappa shape index (κ2) is 6.31. The number of nitrogens with one attached hydrogen (secondary N) is 1. The second-order valence-corrected chi connectivity index (χ2v) is 4.54. The third kappa shape index (κ3) is 3.67. The first kappa shape index (κ1) is 12.8. The zero-order valence-corrected chi connectivity index (χ0v) is 11.1. The summed E-state index contributed by atoms with van der Waals surface area (Å²) in [7, 11) is 0. The van der Waals surface area contributed by atoms with Gasteiger partial charge < -0.3 is 5.32 Å². The standard InChI is InChI=1S/C14H20N4/c1-12-10-13(2)18(17-12)9-3-6-16-11-14-4-7-15-8-5-14/h4-5,7-8,10,16H,3,6,9,11H2,1-2H3. The molecule has 96 valence electrons. The zero-order valence-electron chi connectivity index (χ0n) is 11.1. The molecule has 0 unspecified atom stereocenters. The smallest absolute Gasteiger partial charge is 0.0596 e. The monoisotopic (exact) mass is 244 g/mol. The van der Waals surface area contributed by atoms with Crippen molar-refractivity contribution >= 4 is 0 Å². The molecule has 2 rings (SSSR count). The summed E-state index contributed by atoms with van der Waals surface area (Å²) in [4.78, 5) is 4.00. The highest BCUT2D eigenvalue weighted by molar-refractivity contribution is 5.09. The summed E-state index contributed by atoms with van der Waals surface area (Å²) in [5, 5.41) is 7.88. The Kier molecular flexibility index (Phi) is 4.47. The van der Waals surface area contributed by atoms with Gasteiger partial charge in [0, 0.05) is 31.2 Å². The van der Waals surface area contributed by atoms with Gasteiger partial charge in [-0.25, -0.2) is 0 Å². The van der Waals surface area contributed by atoms with Crippen LogP contribution in [0, 0.1) is 13.8 Å². The van der Waals surface area contributed by atoms with Crippen LogP contribution in [0.25, 0.3) is 0 Å². The number of rotatable bonds is 6. The van der Waals surface area contributed by atoms with Crippen molar-refractivity contribution in [3.63, 3.8) is 0 Å². The van der Waals surface area contributed by atoms with E-state index in [9.17, 15) is 0 Å². The minimum absolute atomic E-state index is 0.902. The Balaban J connectivity index is 1.66. The van der Waals surface area contributed by atoms with Crippen molar-refractivity contribution in [2.75, 3.05) is 6.54 Å². The Morgan fingerprint density at radius 3 is 2.67 bits per heavy atom. The predicted molar refractivity (Wildman–Crippen MR) is 72.3 cm³/mol. The van der Waals surface area contributed by atoms with Crippen LogP contribution in [0.1, 0.15) is 23.4 Å². The maximum absolute atomic E-state index is 4.45. The fourth-order valence-electron chi connectivity index (χ4n) is 1.99. The van der Waals surface area contributed by atoms with Crippen LogP contribution in [0.15, 0.2) is 30.6 Å². The van der Waals surface area contributed by atoms with Gasteiger partial charge in [-0.05, 0) is 50.6 Å². The van der Waals surface area contributed by atoms with Crippen molar-refractivity contribution in [3.05, 3.63) is 47.5 Å². The zero-order chi connectivity index (χ0) is 12.8. The number of pyridine rings is 1. The maximum atomic E-state index is 4.45. The fourth-order valence-corrected chi connectivity index (χ4v) is 1.99. The predicted octanol–water partition coefficient (Wildman–Crippen LogP) is 2.07. The van der Waals surface area contributed by atoms with Crippen molar-refractivity contribution < 1.29 is 0 Å². The highest BCUT2D eigenvalue weighted by atomic mass is 15.3. The molecule has 0 aromatic carbocycles. The van der Waals surface area contributed by atoms with Crippen LogP contribution in [-0.2, 0) is 13.1 Å². The summed E-state index contributed by atoms with van der Waals surface area (Å²) in [5.74, 6) is 0. The molecule has 0 radical (unpaired) electrons. The largest absolute Gasteiger partial charge is 0.313 e. The van der Waals surface area contributed by atoms with Crippen LogP contribution >= 0.6 is 0 Å². The molecule has 0 saturated carbocycles. The molecular formula is C14H20N4. The van der Waals surface area contributed by atoms with E-state index >= 15 is 0 Å². The summed E-state index contributed by atoms with van der Waals surface area (Å²) < 4.78 is 2.07. The Morgan fingerprint density at radius 1 is 1.22 bits per heavy atom. The van der Waals surface area contributed by atoms with E-state index in [4.69, 9.17) is 0 Å². The molecule has 0 amide bonds. The van der Waals surface area contributed by atoms with Crippen molar-refractivity contribution in [3.8, 4) is 0 Å². The number of aromatic nitrogens is 3. The van der Waals surface area contributed by atoms with Gasteiger partial charge in [-0.1, -0.05) is 0 Å². The number of hydrogen-bond acceptors (Lipinski definition) is 3. The molecule has 0 saturated heterocycles. The number of hydrogen-bond donors (Lipinski definition) is 1. The quantitative estimate of drug-likeness (QED) is 0.791. The van der Waals surface area contributed by atoms with Crippen molar-refractivity contribution in [1.82, 2.24) is 20.1 Å². The van der Waals surface area contributed by atoms with Crippen molar-refractivity contribution in [1.29, 1.82) is 0 Å². The van der Waals surface area contributed by atoms with Crippen LogP contribution in [0.3, 0.4) is 0 Å². The molecule has 4 heteroatoms. The average Bonchev–Trinajstić information content (AvgIpc) is 2.69. The van der Waals surface area contributed by atoms with E-state index in [1.54, 1.807) is 0 Å². The lowest BCUT2D eigenvalue weighted by Crippen LogP contribution is -2.17. The molecule has 0 fully saturated rings. The lowest BCUT2D eigenvalue weighted by molar-refractivity contribution is 0.532. The minimum Gasteiger partial charge on any atom is -0.313 e. The first-order valence-electron chi connectivity index (χ1n) is 6.36. The Bertz CT molecular complexity index is 476. The second-order valence-electron chi connectivity index (χ2n) is 4.54. The highest BCUT2D eigenvalue weighted by Crippen LogP contribution is 2.02. The Labute approximate surface area is 108 Å². The fraction of sp³-hybridized carbons (Fsp3) is 0.429. The molecule has 0 aliphatic heterocycles. The van der Waals surface area contributed by atoms with E-state index in [-0.39, 0.29) is 0 Å². The third-order valence-corrected chi connectivity index (χ3v) is 2.91. The van der Waals surface area contributed by atoms with E-state index in [0.29, 0.717) is 0 Å². The molecule has 0 aliphatic carbocycles. The maximum Gasteiger partial charge on any atom is 0.0596 e. The Hall–Kier alpha value is -1.68. The van der Waals surface area contributed by atoms with Crippen LogP contribution < -0.4 is 5.32 Å². The van der Waals surface area contributed by atoms with Gasteiger partial charge in [0.1, 0.15) is 0 Å². The molecule has 1 N–H and O–H groups in total. The average molecular weight is 244 g/mol. The lowest BCUT2D eigenvalue weighted by atomic mass is 10.2. The van der Waals surface area contributed by atoms with Gasteiger partial charge in [0.15, 0.2) is 0 Å². The van der Waals surface area contributed by atoms with E-state index in [1.165, 1.54) is 11.3 Å². The van der Waals surface area contributed by atoms with Crippen molar-refractivity contribution in [2.24, 2.45) is 0 Å². The first-order chi connectivity index (χ1) is 8.75. The SMILES string of the molecule is Cc1cc(C)n(CCCNCc2ccncc2)n1. The van der Waals surface area contributed by atoms with Gasteiger partial charge in [0.05, 0.1) is 5.69 Å². The molecule has 0 bridgehead atoms. The Morgan fingerprint density at radius 2 is 2.00 bits per heavy atom. The van der Waals surface area contributed by atoms with Crippen molar-refractivity contribution in [2.45, 2.75) is 33.4 Å². The van der Waals surface area contributed by atoms with Gasteiger partial charge in [-0.15, -0.1) is 0 Å². The van der Waals surface area contributed by atoms with Crippen LogP contribution in [0.2, 0.25) is 0 Å². The van der Waals surface area contributed by atoms with Crippen LogP contribution in [0.5, 0.6) is 0 Å². The summed E-state index contributed by atoms with van der Waals surface area (Å²) in [6, 6.07) is 6.19. The van der Waals surface area contributed by atoms with E-state index in [2.05, 4.69) is 33.1 Å². The highest BCUT2D eigenvalue weighted by Gasteiger charge is 1.99. The number of aryl methyl sites for hydroxylation is 3. The molecule has 0 spiro atoms. The van der Waals surface area contributed by atoms with Gasteiger partial charge in [0.25, 0.3) is 0 Å². The van der Waals surface area contributed by atoms with E-state index in [0.717, 1.165) is 31.7 Å².